The second kappa shape index (κ2) is 5.34. The smallest absolute Gasteiger partial charge is 0.337 e. The molecule has 4 rings (SSSR count). The van der Waals surface area contributed by atoms with E-state index >= 15 is 0 Å². The monoisotopic (exact) mass is 320 g/mol. The number of amides is 2. The summed E-state index contributed by atoms with van der Waals surface area (Å²) in [5.74, 6) is -1.92. The number of nitrogens with one attached hydrogen (secondary N) is 1. The van der Waals surface area contributed by atoms with Crippen molar-refractivity contribution in [2.24, 2.45) is 0 Å². The molecule has 24 heavy (non-hydrogen) atoms. The Morgan fingerprint density at radius 2 is 1.58 bits per heavy atom. The lowest BCUT2D eigenvalue weighted by atomic mass is 10.1. The molecule has 6 heteroatoms. The Morgan fingerprint density at radius 3 is 2.29 bits per heavy atom. The van der Waals surface area contributed by atoms with Gasteiger partial charge in [0.15, 0.2) is 0 Å². The van der Waals surface area contributed by atoms with Gasteiger partial charge in [0, 0.05) is 17.1 Å². The van der Waals surface area contributed by atoms with Crippen LogP contribution in [-0.2, 0) is 16.1 Å². The second-order valence-corrected chi connectivity index (χ2v) is 5.45. The molecular formula is C18H12N2O4. The predicted molar refractivity (Wildman–Crippen MR) is 85.0 cm³/mol. The van der Waals surface area contributed by atoms with Gasteiger partial charge < -0.3 is 9.82 Å². The number of para-hydroxylation sites is 1. The van der Waals surface area contributed by atoms with E-state index < -0.39 is 17.8 Å². The topological polar surface area (TPSA) is 79.5 Å². The van der Waals surface area contributed by atoms with E-state index in [0.29, 0.717) is 5.06 Å². The van der Waals surface area contributed by atoms with Crippen LogP contribution in [0.3, 0.4) is 0 Å². The van der Waals surface area contributed by atoms with E-state index in [-0.39, 0.29) is 17.5 Å². The summed E-state index contributed by atoms with van der Waals surface area (Å²) in [4.78, 5) is 44.6. The molecule has 6 nitrogen and oxygen atoms in total. The Kier molecular flexibility index (Phi) is 3.16. The minimum atomic E-state index is -0.672. The molecule has 0 unspecified atom stereocenters. The van der Waals surface area contributed by atoms with Gasteiger partial charge in [0.05, 0.1) is 17.5 Å². The number of rotatable bonds is 3. The molecule has 1 aliphatic rings. The Morgan fingerprint density at radius 1 is 0.958 bits per heavy atom. The van der Waals surface area contributed by atoms with Gasteiger partial charge in [-0.25, -0.2) is 4.79 Å². The van der Waals surface area contributed by atoms with Crippen LogP contribution in [-0.4, -0.2) is 27.8 Å². The van der Waals surface area contributed by atoms with Crippen molar-refractivity contribution in [1.29, 1.82) is 0 Å². The molecule has 0 atom stereocenters. The number of aromatic amines is 1. The van der Waals surface area contributed by atoms with Gasteiger partial charge in [-0.15, -0.1) is 0 Å². The van der Waals surface area contributed by atoms with Crippen molar-refractivity contribution in [3.05, 3.63) is 71.4 Å². The van der Waals surface area contributed by atoms with E-state index in [4.69, 9.17) is 4.84 Å². The second-order valence-electron chi connectivity index (χ2n) is 5.45. The van der Waals surface area contributed by atoms with Crippen molar-refractivity contribution in [2.45, 2.75) is 6.42 Å². The van der Waals surface area contributed by atoms with Gasteiger partial charge in [-0.05, 0) is 23.8 Å². The average molecular weight is 320 g/mol. The molecule has 0 aliphatic carbocycles. The van der Waals surface area contributed by atoms with Crippen LogP contribution in [0.4, 0.5) is 0 Å². The first-order chi connectivity index (χ1) is 11.6. The van der Waals surface area contributed by atoms with Crippen LogP contribution in [0.15, 0.2) is 54.7 Å². The van der Waals surface area contributed by atoms with E-state index in [2.05, 4.69) is 4.98 Å². The van der Waals surface area contributed by atoms with Crippen molar-refractivity contribution < 1.29 is 19.2 Å². The molecule has 0 saturated heterocycles. The summed E-state index contributed by atoms with van der Waals surface area (Å²) in [6, 6.07) is 13.9. The summed E-state index contributed by atoms with van der Waals surface area (Å²) in [6.45, 7) is 0. The number of benzene rings is 2. The van der Waals surface area contributed by atoms with E-state index in [1.165, 1.54) is 12.1 Å². The molecule has 2 amide bonds. The molecule has 0 saturated carbocycles. The van der Waals surface area contributed by atoms with Gasteiger partial charge in [0.1, 0.15) is 0 Å². The van der Waals surface area contributed by atoms with Gasteiger partial charge in [0.25, 0.3) is 11.8 Å². The fourth-order valence-electron chi connectivity index (χ4n) is 2.82. The van der Waals surface area contributed by atoms with Crippen LogP contribution in [0.1, 0.15) is 26.3 Å². The zero-order valence-corrected chi connectivity index (χ0v) is 12.5. The number of imide groups is 1. The summed E-state index contributed by atoms with van der Waals surface area (Å²) in [5.41, 5.74) is 2.12. The molecule has 0 fully saturated rings. The highest BCUT2D eigenvalue weighted by atomic mass is 16.7. The molecule has 1 aliphatic heterocycles. The van der Waals surface area contributed by atoms with E-state index in [0.717, 1.165) is 16.5 Å². The Bertz CT molecular complexity index is 954. The summed E-state index contributed by atoms with van der Waals surface area (Å²) >= 11 is 0. The molecule has 118 valence electrons. The Labute approximate surface area is 136 Å². The van der Waals surface area contributed by atoms with Gasteiger partial charge in [-0.2, -0.15) is 0 Å². The maximum atomic E-state index is 12.2. The molecule has 2 heterocycles. The molecule has 1 aromatic heterocycles. The highest BCUT2D eigenvalue weighted by Crippen LogP contribution is 2.23. The normalized spacial score (nSPS) is 13.4. The zero-order chi connectivity index (χ0) is 16.7. The first kappa shape index (κ1) is 14.2. The van der Waals surface area contributed by atoms with Crippen LogP contribution in [0.25, 0.3) is 10.9 Å². The van der Waals surface area contributed by atoms with Crippen LogP contribution in [0.2, 0.25) is 0 Å². The SMILES string of the molecule is O=C(Cc1c[nH]c2ccccc12)ON1C(=O)c2ccccc2C1=O. The third-order valence-electron chi connectivity index (χ3n) is 3.96. The number of nitrogens with zero attached hydrogens (tertiary/aromatic N) is 1. The largest absolute Gasteiger partial charge is 0.361 e. The number of hydroxylamine groups is 2. The number of aromatic nitrogens is 1. The molecule has 0 radical (unpaired) electrons. The molecule has 0 spiro atoms. The van der Waals surface area contributed by atoms with Crippen molar-refractivity contribution in [1.82, 2.24) is 10.0 Å². The van der Waals surface area contributed by atoms with Crippen LogP contribution in [0.5, 0.6) is 0 Å². The molecular weight excluding hydrogens is 308 g/mol. The minimum Gasteiger partial charge on any atom is -0.361 e. The van der Waals surface area contributed by atoms with Gasteiger partial charge in [0.2, 0.25) is 0 Å². The molecule has 0 bridgehead atoms. The standard InChI is InChI=1S/C18H12N2O4/c21-16(9-11-10-19-15-8-4-3-5-12(11)15)24-20-17(22)13-6-1-2-7-14(13)18(20)23/h1-8,10,19H,9H2. The fourth-order valence-corrected chi connectivity index (χ4v) is 2.82. The highest BCUT2D eigenvalue weighted by Gasteiger charge is 2.38. The van der Waals surface area contributed by atoms with E-state index in [1.807, 2.05) is 24.3 Å². The van der Waals surface area contributed by atoms with Crippen LogP contribution >= 0.6 is 0 Å². The average Bonchev–Trinajstić information content (AvgIpc) is 3.11. The van der Waals surface area contributed by atoms with E-state index in [9.17, 15) is 14.4 Å². The molecule has 2 aromatic carbocycles. The lowest BCUT2D eigenvalue weighted by molar-refractivity contribution is -0.167. The third-order valence-corrected chi connectivity index (χ3v) is 3.96. The number of hydrogen-bond acceptors (Lipinski definition) is 4. The first-order valence-corrected chi connectivity index (χ1v) is 7.39. The predicted octanol–water partition coefficient (Wildman–Crippen LogP) is 2.46. The number of carbonyl (C=O) groups excluding carboxylic acids is 3. The van der Waals surface area contributed by atoms with Gasteiger partial charge >= 0.3 is 5.97 Å². The number of H-pyrrole nitrogens is 1. The third kappa shape index (κ3) is 2.16. The summed E-state index contributed by atoms with van der Waals surface area (Å²) in [5, 5.41) is 1.43. The van der Waals surface area contributed by atoms with E-state index in [1.54, 1.807) is 18.3 Å². The fraction of sp³-hybridized carbons (Fsp3) is 0.0556. The summed E-state index contributed by atoms with van der Waals surface area (Å²) in [6.07, 6.45) is 1.67. The Balaban J connectivity index is 1.53. The number of carbonyl (C=O) groups is 3. The quantitative estimate of drug-likeness (QED) is 0.752. The van der Waals surface area contributed by atoms with Gasteiger partial charge in [-0.1, -0.05) is 35.4 Å². The lowest BCUT2D eigenvalue weighted by Crippen LogP contribution is -2.33. The van der Waals surface area contributed by atoms with Crippen LogP contribution < -0.4 is 0 Å². The summed E-state index contributed by atoms with van der Waals surface area (Å²) in [7, 11) is 0. The van der Waals surface area contributed by atoms with Gasteiger partial charge in [-0.3, -0.25) is 9.59 Å². The van der Waals surface area contributed by atoms with Crippen LogP contribution in [0, 0.1) is 0 Å². The number of fused-ring (bicyclic) bond motifs is 2. The highest BCUT2D eigenvalue weighted by molar-refractivity contribution is 6.20. The molecule has 1 N–H and O–H groups in total. The Hall–Kier alpha value is -3.41. The summed E-state index contributed by atoms with van der Waals surface area (Å²) < 4.78 is 0. The van der Waals surface area contributed by atoms with Crippen molar-refractivity contribution in [2.75, 3.05) is 0 Å². The first-order valence-electron chi connectivity index (χ1n) is 7.39. The lowest BCUT2D eigenvalue weighted by Gasteiger charge is -2.12. The zero-order valence-electron chi connectivity index (χ0n) is 12.5. The molecule has 3 aromatic rings. The van der Waals surface area contributed by atoms with Crippen molar-refractivity contribution in [3.63, 3.8) is 0 Å². The maximum absolute atomic E-state index is 12.2. The van der Waals surface area contributed by atoms with Crippen molar-refractivity contribution in [3.8, 4) is 0 Å². The van der Waals surface area contributed by atoms with Crippen molar-refractivity contribution >= 4 is 28.7 Å². The maximum Gasteiger partial charge on any atom is 0.337 e. The number of hydrogen-bond donors (Lipinski definition) is 1. The minimum absolute atomic E-state index is 0.0442.